The molecule has 1 atom stereocenters. The molecule has 6 heteroatoms. The van der Waals surface area contributed by atoms with Gasteiger partial charge in [0.2, 0.25) is 5.91 Å². The first kappa shape index (κ1) is 16.2. The minimum atomic E-state index is -0.373. The smallest absolute Gasteiger partial charge is 0.292 e. The van der Waals surface area contributed by atoms with Crippen LogP contribution >= 0.6 is 27.5 Å². The summed E-state index contributed by atoms with van der Waals surface area (Å²) in [5, 5.41) is 2.59. The zero-order chi connectivity index (χ0) is 16.4. The van der Waals surface area contributed by atoms with Crippen LogP contribution in [0.3, 0.4) is 0 Å². The Morgan fingerprint density at radius 2 is 1.74 bits per heavy atom. The lowest BCUT2D eigenvalue weighted by atomic mass is 10.2. The summed E-state index contributed by atoms with van der Waals surface area (Å²) in [6.45, 7) is 0.634. The van der Waals surface area contributed by atoms with E-state index in [-0.39, 0.29) is 24.3 Å². The first-order chi connectivity index (χ1) is 11.0. The van der Waals surface area contributed by atoms with E-state index in [1.54, 1.807) is 12.1 Å². The summed E-state index contributed by atoms with van der Waals surface area (Å²) in [6.07, 6.45) is 0.225. The minimum absolute atomic E-state index is 0.158. The van der Waals surface area contributed by atoms with Crippen LogP contribution in [0.2, 0.25) is 5.02 Å². The molecule has 1 fully saturated rings. The predicted octanol–water partition coefficient (Wildman–Crippen LogP) is 2.50. The van der Waals surface area contributed by atoms with Crippen LogP contribution in [0.5, 0.6) is 0 Å². The van der Waals surface area contributed by atoms with Gasteiger partial charge in [0.25, 0.3) is 5.91 Å². The molecule has 2 N–H and O–H groups in total. The van der Waals surface area contributed by atoms with Crippen LogP contribution in [-0.4, -0.2) is 17.9 Å². The van der Waals surface area contributed by atoms with Gasteiger partial charge in [0.05, 0.1) is 12.1 Å². The van der Waals surface area contributed by atoms with Crippen LogP contribution in [0.15, 0.2) is 53.0 Å². The van der Waals surface area contributed by atoms with E-state index in [9.17, 15) is 9.59 Å². The Kier molecular flexibility index (Phi) is 4.80. The van der Waals surface area contributed by atoms with E-state index in [1.807, 2.05) is 41.7 Å². The third-order valence-electron chi connectivity index (χ3n) is 3.82. The van der Waals surface area contributed by atoms with Crippen molar-refractivity contribution in [3.05, 3.63) is 63.6 Å². The summed E-state index contributed by atoms with van der Waals surface area (Å²) in [6, 6.07) is 14.3. The van der Waals surface area contributed by atoms with Crippen molar-refractivity contribution in [3.8, 4) is 0 Å². The topological polar surface area (TPSA) is 54.0 Å². The Labute approximate surface area is 147 Å². The molecule has 0 radical (unpaired) electrons. The third kappa shape index (κ3) is 3.63. The van der Waals surface area contributed by atoms with Gasteiger partial charge in [-0.05, 0) is 36.4 Å². The number of anilines is 1. The first-order valence-electron chi connectivity index (χ1n) is 7.25. The molecule has 1 aliphatic heterocycles. The molecular weight excluding hydrogens is 380 g/mol. The first-order valence-corrected chi connectivity index (χ1v) is 8.42. The lowest BCUT2D eigenvalue weighted by molar-refractivity contribution is -0.690. The number of nitrogens with zero attached hydrogens (tertiary/aromatic N) is 1. The SMILES string of the molecule is O=C1C[C@H]([NH2+]Cc2ccc(Cl)cc2)C(=O)N1c1ccc(Br)cc1. The zero-order valence-electron chi connectivity index (χ0n) is 12.2. The number of benzene rings is 2. The average Bonchev–Trinajstić information content (AvgIpc) is 2.82. The van der Waals surface area contributed by atoms with E-state index >= 15 is 0 Å². The fraction of sp³-hybridized carbons (Fsp3) is 0.176. The van der Waals surface area contributed by atoms with Crippen molar-refractivity contribution < 1.29 is 14.9 Å². The van der Waals surface area contributed by atoms with E-state index in [1.165, 1.54) is 4.90 Å². The molecule has 1 saturated heterocycles. The van der Waals surface area contributed by atoms with Crippen molar-refractivity contribution in [1.29, 1.82) is 0 Å². The summed E-state index contributed by atoms with van der Waals surface area (Å²) in [4.78, 5) is 26.0. The molecule has 4 nitrogen and oxygen atoms in total. The van der Waals surface area contributed by atoms with Crippen molar-refractivity contribution in [3.63, 3.8) is 0 Å². The van der Waals surface area contributed by atoms with Gasteiger partial charge in [-0.25, -0.2) is 4.90 Å². The lowest BCUT2D eigenvalue weighted by Gasteiger charge is -2.14. The maximum absolute atomic E-state index is 12.5. The van der Waals surface area contributed by atoms with Gasteiger partial charge < -0.3 is 5.32 Å². The summed E-state index contributed by atoms with van der Waals surface area (Å²) < 4.78 is 0.909. The Balaban J connectivity index is 1.68. The Morgan fingerprint density at radius 3 is 2.39 bits per heavy atom. The second kappa shape index (κ2) is 6.83. The molecule has 118 valence electrons. The quantitative estimate of drug-likeness (QED) is 0.810. The molecule has 0 aliphatic carbocycles. The van der Waals surface area contributed by atoms with E-state index < -0.39 is 0 Å². The Hall–Kier alpha value is -1.69. The summed E-state index contributed by atoms with van der Waals surface area (Å²) >= 11 is 9.21. The second-order valence-electron chi connectivity index (χ2n) is 5.42. The molecule has 0 spiro atoms. The molecule has 2 aromatic carbocycles. The van der Waals surface area contributed by atoms with Crippen LogP contribution < -0.4 is 10.2 Å². The number of carbonyl (C=O) groups excluding carboxylic acids is 2. The van der Waals surface area contributed by atoms with Crippen LogP contribution in [-0.2, 0) is 16.1 Å². The van der Waals surface area contributed by atoms with Gasteiger partial charge in [0.1, 0.15) is 6.54 Å². The predicted molar refractivity (Wildman–Crippen MR) is 92.1 cm³/mol. The van der Waals surface area contributed by atoms with E-state index in [0.717, 1.165) is 10.0 Å². The molecule has 2 amide bonds. The van der Waals surface area contributed by atoms with Crippen LogP contribution in [0.1, 0.15) is 12.0 Å². The van der Waals surface area contributed by atoms with Crippen molar-refractivity contribution in [2.24, 2.45) is 0 Å². The van der Waals surface area contributed by atoms with Crippen molar-refractivity contribution in [2.75, 3.05) is 4.90 Å². The normalized spacial score (nSPS) is 17.8. The maximum atomic E-state index is 12.5. The summed E-state index contributed by atoms with van der Waals surface area (Å²) in [7, 11) is 0. The van der Waals surface area contributed by atoms with Gasteiger partial charge in [-0.15, -0.1) is 0 Å². The standard InChI is InChI=1S/C17H14BrClN2O2/c18-12-3-7-14(8-4-12)21-16(22)9-15(17(21)23)20-10-11-1-5-13(19)6-2-11/h1-8,15,20H,9-10H2/p+1/t15-/m0/s1. The van der Waals surface area contributed by atoms with Crippen molar-refractivity contribution >= 4 is 45.0 Å². The number of rotatable bonds is 4. The monoisotopic (exact) mass is 393 g/mol. The van der Waals surface area contributed by atoms with Gasteiger partial charge in [0, 0.05) is 15.1 Å². The highest BCUT2D eigenvalue weighted by molar-refractivity contribution is 9.10. The third-order valence-corrected chi connectivity index (χ3v) is 4.60. The number of imide groups is 1. The van der Waals surface area contributed by atoms with Gasteiger partial charge in [-0.3, -0.25) is 9.59 Å². The molecule has 0 unspecified atom stereocenters. The molecule has 0 bridgehead atoms. The molecule has 0 aromatic heterocycles. The van der Waals surface area contributed by atoms with Crippen LogP contribution in [0.25, 0.3) is 0 Å². The van der Waals surface area contributed by atoms with Crippen LogP contribution in [0.4, 0.5) is 5.69 Å². The number of carbonyl (C=O) groups is 2. The number of hydrogen-bond acceptors (Lipinski definition) is 2. The molecule has 0 saturated carbocycles. The Morgan fingerprint density at radius 1 is 1.09 bits per heavy atom. The van der Waals surface area contributed by atoms with Gasteiger partial charge in [-0.2, -0.15) is 0 Å². The lowest BCUT2D eigenvalue weighted by Crippen LogP contribution is -2.90. The highest BCUT2D eigenvalue weighted by Crippen LogP contribution is 2.23. The Bertz CT molecular complexity index is 731. The summed E-state index contributed by atoms with van der Waals surface area (Å²) in [5.41, 5.74) is 1.68. The largest absolute Gasteiger partial charge is 0.332 e. The van der Waals surface area contributed by atoms with Gasteiger partial charge in [0.15, 0.2) is 6.04 Å². The molecule has 2 aromatic rings. The van der Waals surface area contributed by atoms with E-state index in [0.29, 0.717) is 17.3 Å². The molecular formula is C17H15BrClN2O2+. The minimum Gasteiger partial charge on any atom is -0.332 e. The average molecular weight is 395 g/mol. The van der Waals surface area contributed by atoms with E-state index in [4.69, 9.17) is 11.6 Å². The number of halogens is 2. The number of quaternary nitrogens is 1. The highest BCUT2D eigenvalue weighted by Gasteiger charge is 2.42. The maximum Gasteiger partial charge on any atom is 0.292 e. The number of amides is 2. The fourth-order valence-corrected chi connectivity index (χ4v) is 2.99. The van der Waals surface area contributed by atoms with Crippen molar-refractivity contribution in [2.45, 2.75) is 19.0 Å². The highest BCUT2D eigenvalue weighted by atomic mass is 79.9. The van der Waals surface area contributed by atoms with Gasteiger partial charge in [-0.1, -0.05) is 39.7 Å². The molecule has 1 aliphatic rings. The molecule has 3 rings (SSSR count). The van der Waals surface area contributed by atoms with Crippen LogP contribution in [0, 0.1) is 0 Å². The van der Waals surface area contributed by atoms with E-state index in [2.05, 4.69) is 15.9 Å². The zero-order valence-corrected chi connectivity index (χ0v) is 14.5. The second-order valence-corrected chi connectivity index (χ2v) is 6.77. The summed E-state index contributed by atoms with van der Waals surface area (Å²) in [5.74, 6) is -0.319. The molecule has 23 heavy (non-hydrogen) atoms. The fourth-order valence-electron chi connectivity index (χ4n) is 2.60. The number of nitrogens with two attached hydrogens (primary N) is 1. The number of hydrogen-bond donors (Lipinski definition) is 1. The van der Waals surface area contributed by atoms with Gasteiger partial charge >= 0.3 is 0 Å². The molecule has 1 heterocycles. The van der Waals surface area contributed by atoms with Crippen molar-refractivity contribution in [1.82, 2.24) is 0 Å².